The van der Waals surface area contributed by atoms with Crippen LogP contribution in [0.2, 0.25) is 0 Å². The second-order valence-electron chi connectivity index (χ2n) is 4.93. The molecule has 0 fully saturated rings. The Balaban J connectivity index is 1.96. The summed E-state index contributed by atoms with van der Waals surface area (Å²) in [7, 11) is 0. The quantitative estimate of drug-likeness (QED) is 0.760. The second kappa shape index (κ2) is 6.32. The Kier molecular flexibility index (Phi) is 4.26. The number of nitrogens with zero attached hydrogens (tertiary/aromatic N) is 4. The fraction of sp³-hybridized carbons (Fsp3) is 0.400. The number of para-hydroxylation sites is 1. The highest BCUT2D eigenvalue weighted by Crippen LogP contribution is 2.23. The fourth-order valence-corrected chi connectivity index (χ4v) is 3.11. The summed E-state index contributed by atoms with van der Waals surface area (Å²) in [6.07, 6.45) is 2.67. The molecule has 0 aliphatic rings. The monoisotopic (exact) mass is 301 g/mol. The van der Waals surface area contributed by atoms with Crippen LogP contribution in [0.1, 0.15) is 31.3 Å². The molecule has 0 spiro atoms. The molecule has 1 N–H and O–H groups in total. The maximum atomic E-state index is 4.77. The highest BCUT2D eigenvalue weighted by molar-refractivity contribution is 6.99. The maximum Gasteiger partial charge on any atom is 0.0916 e. The minimum Gasteiger partial charge on any atom is -0.309 e. The molecule has 3 aromatic rings. The van der Waals surface area contributed by atoms with Crippen LogP contribution in [0.3, 0.4) is 0 Å². The standard InChI is InChI=1S/C15H19N5S/c1-3-16-13(14-10-17-21-19-14)9-12-11-7-5-6-8-15(11)20(4-2)18-12/h5-8,10,13,16H,3-4,9H2,1-2H3. The van der Waals surface area contributed by atoms with Gasteiger partial charge in [-0.05, 0) is 19.5 Å². The Bertz CT molecular complexity index is 704. The Hall–Kier alpha value is -1.79. The summed E-state index contributed by atoms with van der Waals surface area (Å²) in [5.41, 5.74) is 3.31. The van der Waals surface area contributed by atoms with E-state index >= 15 is 0 Å². The van der Waals surface area contributed by atoms with Gasteiger partial charge in [0.1, 0.15) is 0 Å². The first-order chi connectivity index (χ1) is 10.3. The first kappa shape index (κ1) is 14.2. The smallest absolute Gasteiger partial charge is 0.0916 e. The SMILES string of the molecule is CCNC(Cc1nn(CC)c2ccccc12)c1cnsn1. The molecule has 1 atom stereocenters. The van der Waals surface area contributed by atoms with Gasteiger partial charge in [0.2, 0.25) is 0 Å². The van der Waals surface area contributed by atoms with Crippen LogP contribution in [0.15, 0.2) is 30.5 Å². The normalized spacial score (nSPS) is 12.9. The molecule has 0 saturated heterocycles. The first-order valence-corrected chi connectivity index (χ1v) is 8.01. The van der Waals surface area contributed by atoms with Crippen LogP contribution in [0.5, 0.6) is 0 Å². The lowest BCUT2D eigenvalue weighted by atomic mass is 10.1. The third-order valence-electron chi connectivity index (χ3n) is 3.62. The molecule has 1 unspecified atom stereocenters. The molecular formula is C15H19N5S. The van der Waals surface area contributed by atoms with Gasteiger partial charge in [-0.15, -0.1) is 0 Å². The van der Waals surface area contributed by atoms with Crippen molar-refractivity contribution in [1.29, 1.82) is 0 Å². The molecule has 0 aliphatic heterocycles. The molecule has 1 aromatic carbocycles. The van der Waals surface area contributed by atoms with E-state index in [-0.39, 0.29) is 6.04 Å². The molecule has 21 heavy (non-hydrogen) atoms. The van der Waals surface area contributed by atoms with Crippen molar-refractivity contribution < 1.29 is 0 Å². The summed E-state index contributed by atoms with van der Waals surface area (Å²) in [6.45, 7) is 6.00. The van der Waals surface area contributed by atoms with Crippen molar-refractivity contribution in [2.45, 2.75) is 32.9 Å². The Labute approximate surface area is 128 Å². The van der Waals surface area contributed by atoms with Crippen LogP contribution < -0.4 is 5.32 Å². The lowest BCUT2D eigenvalue weighted by Crippen LogP contribution is -2.23. The van der Waals surface area contributed by atoms with Crippen molar-refractivity contribution in [2.75, 3.05) is 6.54 Å². The van der Waals surface area contributed by atoms with E-state index in [9.17, 15) is 0 Å². The van der Waals surface area contributed by atoms with Crippen LogP contribution in [-0.4, -0.2) is 25.1 Å². The number of hydrogen-bond acceptors (Lipinski definition) is 5. The van der Waals surface area contributed by atoms with Crippen molar-refractivity contribution in [1.82, 2.24) is 23.8 Å². The highest BCUT2D eigenvalue weighted by Gasteiger charge is 2.18. The number of aromatic nitrogens is 4. The van der Waals surface area contributed by atoms with E-state index in [0.29, 0.717) is 0 Å². The molecular weight excluding hydrogens is 282 g/mol. The summed E-state index contributed by atoms with van der Waals surface area (Å²) >= 11 is 1.25. The van der Waals surface area contributed by atoms with E-state index in [4.69, 9.17) is 5.10 Å². The number of rotatable bonds is 6. The van der Waals surface area contributed by atoms with Crippen LogP contribution in [0.25, 0.3) is 10.9 Å². The molecule has 0 aliphatic carbocycles. The van der Waals surface area contributed by atoms with Crippen molar-refractivity contribution >= 4 is 22.6 Å². The molecule has 0 bridgehead atoms. The summed E-state index contributed by atoms with van der Waals surface area (Å²) in [6, 6.07) is 8.57. The van der Waals surface area contributed by atoms with Gasteiger partial charge >= 0.3 is 0 Å². The van der Waals surface area contributed by atoms with E-state index in [1.54, 1.807) is 0 Å². The largest absolute Gasteiger partial charge is 0.309 e. The summed E-state index contributed by atoms with van der Waals surface area (Å²) < 4.78 is 10.5. The zero-order valence-electron chi connectivity index (χ0n) is 12.3. The van der Waals surface area contributed by atoms with Crippen LogP contribution >= 0.6 is 11.7 Å². The van der Waals surface area contributed by atoms with Gasteiger partial charge < -0.3 is 5.32 Å². The van der Waals surface area contributed by atoms with Gasteiger partial charge in [-0.2, -0.15) is 13.8 Å². The topological polar surface area (TPSA) is 55.6 Å². The third-order valence-corrected chi connectivity index (χ3v) is 4.11. The Morgan fingerprint density at radius 3 is 2.86 bits per heavy atom. The Morgan fingerprint density at radius 2 is 2.14 bits per heavy atom. The van der Waals surface area contributed by atoms with Gasteiger partial charge in [0.25, 0.3) is 0 Å². The predicted octanol–water partition coefficient (Wildman–Crippen LogP) is 2.80. The van der Waals surface area contributed by atoms with Gasteiger partial charge in [-0.3, -0.25) is 4.68 Å². The third kappa shape index (κ3) is 2.82. The van der Waals surface area contributed by atoms with E-state index in [0.717, 1.165) is 30.9 Å². The van der Waals surface area contributed by atoms with Gasteiger partial charge in [0.05, 0.1) is 40.9 Å². The predicted molar refractivity (Wildman–Crippen MR) is 85.4 cm³/mol. The number of likely N-dealkylation sites (N-methyl/N-ethyl adjacent to an activating group) is 1. The van der Waals surface area contributed by atoms with E-state index < -0.39 is 0 Å². The fourth-order valence-electron chi connectivity index (χ4n) is 2.63. The molecule has 3 rings (SSSR count). The molecule has 2 aromatic heterocycles. The number of nitrogens with one attached hydrogen (secondary N) is 1. The number of hydrogen-bond donors (Lipinski definition) is 1. The van der Waals surface area contributed by atoms with Gasteiger partial charge in [-0.25, -0.2) is 0 Å². The number of aryl methyl sites for hydroxylation is 1. The van der Waals surface area contributed by atoms with E-state index in [2.05, 4.69) is 56.9 Å². The molecule has 5 nitrogen and oxygen atoms in total. The molecule has 0 amide bonds. The summed E-state index contributed by atoms with van der Waals surface area (Å²) in [5, 5.41) is 9.48. The van der Waals surface area contributed by atoms with Gasteiger partial charge in [-0.1, -0.05) is 25.1 Å². The van der Waals surface area contributed by atoms with Crippen LogP contribution in [-0.2, 0) is 13.0 Å². The number of benzene rings is 1. The summed E-state index contributed by atoms with van der Waals surface area (Å²) in [4.78, 5) is 0. The number of fused-ring (bicyclic) bond motifs is 1. The van der Waals surface area contributed by atoms with Crippen LogP contribution in [0.4, 0.5) is 0 Å². The first-order valence-electron chi connectivity index (χ1n) is 7.28. The minimum absolute atomic E-state index is 0.164. The van der Waals surface area contributed by atoms with E-state index in [1.807, 2.05) is 6.20 Å². The lowest BCUT2D eigenvalue weighted by Gasteiger charge is -2.13. The van der Waals surface area contributed by atoms with Gasteiger partial charge in [0, 0.05) is 18.4 Å². The molecule has 110 valence electrons. The average molecular weight is 301 g/mol. The highest BCUT2D eigenvalue weighted by atomic mass is 32.1. The minimum atomic E-state index is 0.164. The molecule has 0 radical (unpaired) electrons. The molecule has 2 heterocycles. The van der Waals surface area contributed by atoms with Gasteiger partial charge in [0.15, 0.2) is 0 Å². The van der Waals surface area contributed by atoms with Crippen molar-refractivity contribution in [3.05, 3.63) is 41.9 Å². The zero-order chi connectivity index (χ0) is 14.7. The zero-order valence-corrected chi connectivity index (χ0v) is 13.1. The average Bonchev–Trinajstić information content (AvgIpc) is 3.15. The second-order valence-corrected chi connectivity index (χ2v) is 5.48. The maximum absolute atomic E-state index is 4.77. The van der Waals surface area contributed by atoms with Crippen molar-refractivity contribution in [3.8, 4) is 0 Å². The Morgan fingerprint density at radius 1 is 1.29 bits per heavy atom. The lowest BCUT2D eigenvalue weighted by molar-refractivity contribution is 0.529. The molecule has 0 saturated carbocycles. The molecule has 6 heteroatoms. The van der Waals surface area contributed by atoms with Crippen LogP contribution in [0, 0.1) is 0 Å². The van der Waals surface area contributed by atoms with Crippen molar-refractivity contribution in [3.63, 3.8) is 0 Å². The van der Waals surface area contributed by atoms with Crippen molar-refractivity contribution in [2.24, 2.45) is 0 Å². The van der Waals surface area contributed by atoms with E-state index in [1.165, 1.54) is 22.6 Å². The summed E-state index contributed by atoms with van der Waals surface area (Å²) in [5.74, 6) is 0.